The van der Waals surface area contributed by atoms with Crippen molar-refractivity contribution in [3.05, 3.63) is 23.1 Å². The van der Waals surface area contributed by atoms with E-state index in [2.05, 4.69) is 61.1 Å². The summed E-state index contributed by atoms with van der Waals surface area (Å²) < 4.78 is 53.0. The molecule has 7 rings (SSSR count). The van der Waals surface area contributed by atoms with Crippen LogP contribution in [-0.2, 0) is 110 Å². The van der Waals surface area contributed by atoms with Crippen LogP contribution in [0.5, 0.6) is 0 Å². The number of carboxylic acids is 1. The summed E-state index contributed by atoms with van der Waals surface area (Å²) in [5.41, 5.74) is 17.3. The lowest BCUT2D eigenvalue weighted by Crippen LogP contribution is -2.67. The molecule has 1 aliphatic carbocycles. The standard InChI is InChI=1S/C62H103N11O37S2/c1-7-37(80)66-68-39(82)17-41(84)71-73-56(93)53-50(102-59-30(65-25(5)79)16-33(36(21-76)100-59)108-110-62-48(91)46(89)51(54(105-62)57(94)95)103-60-28(63-23(3)77)14-31(106-96-6)34(19-74)98-60)45(88)47(90)61(104-53)109-107-32-15-29(64-24(4)78)58(99-35(32)20-75)101-49-44(87)43(86)22(2)97-52(49)55(92)72-70-42(85)18-40(83)69-67-38(81)11-12-112-27-10-8-9-26(111)13-27/h8,10,13,22,25-26,28-37,39-40,43-54,58-62,65-66,68-69,74-76,79-80,82-83,86-91,111H,7,9,11-12,14-21H2,1-6H3,(H,63,77)(H,64,78)(H,67,81)(H,70,85)(H,71,84)(H,72,92)(H,73,93)(H,94,95)/t22?,25?,26?,28?,29-,30-,31-,32-,33-,34-,35-,36?,37?,39?,40?,43?,44?,45+,46?,47?,48?,49+,50+,51+,52?,53?,54?,58-,59?,60?,61?,62?/m0/s1. The molecule has 0 aromatic carbocycles. The fourth-order valence-electron chi connectivity index (χ4n) is 12.3. The molecule has 6 saturated heterocycles. The molecule has 0 aromatic rings. The molecule has 20 unspecified atom stereocenters. The fraction of sp³-hybridized carbons (Fsp3) is 0.806. The topological polar surface area (TPSA) is 691 Å². The van der Waals surface area contributed by atoms with E-state index in [1.54, 1.807) is 6.92 Å². The van der Waals surface area contributed by atoms with Crippen LogP contribution in [0.3, 0.4) is 0 Å². The summed E-state index contributed by atoms with van der Waals surface area (Å²) in [4.78, 5) is 137. The van der Waals surface area contributed by atoms with Crippen molar-refractivity contribution in [1.29, 1.82) is 0 Å². The van der Waals surface area contributed by atoms with Crippen LogP contribution in [-0.4, -0.2) is 347 Å². The minimum atomic E-state index is -2.38. The predicted molar refractivity (Wildman–Crippen MR) is 368 cm³/mol. The van der Waals surface area contributed by atoms with Gasteiger partial charge in [-0.3, -0.25) is 66.0 Å². The lowest BCUT2D eigenvalue weighted by molar-refractivity contribution is -0.461. The third kappa shape index (κ3) is 27.1. The maximum atomic E-state index is 14.3. The Kier molecular flexibility index (Phi) is 38.0. The van der Waals surface area contributed by atoms with Crippen LogP contribution >= 0.6 is 24.4 Å². The molecule has 50 heteroatoms. The number of thiol groups is 1. The third-order valence-electron chi connectivity index (χ3n) is 17.9. The Bertz CT molecular complexity index is 3100. The number of allylic oxidation sites excluding steroid dienone is 2. The molecule has 48 nitrogen and oxygen atoms in total. The second-order valence-electron chi connectivity index (χ2n) is 26.7. The first-order valence-corrected chi connectivity index (χ1v) is 37.0. The van der Waals surface area contributed by atoms with Crippen LogP contribution in [0.4, 0.5) is 0 Å². The summed E-state index contributed by atoms with van der Waals surface area (Å²) in [5.74, 6) is -8.01. The Hall–Kier alpha value is -5.34. The van der Waals surface area contributed by atoms with Crippen LogP contribution in [0.25, 0.3) is 0 Å². The van der Waals surface area contributed by atoms with Gasteiger partial charge in [0.15, 0.2) is 37.2 Å². The highest BCUT2D eigenvalue weighted by Gasteiger charge is 2.57. The Morgan fingerprint density at radius 2 is 0.982 bits per heavy atom. The van der Waals surface area contributed by atoms with Crippen molar-refractivity contribution in [2.24, 2.45) is 0 Å². The summed E-state index contributed by atoms with van der Waals surface area (Å²) in [6.45, 7) is 3.61. The van der Waals surface area contributed by atoms with E-state index in [0.29, 0.717) is 5.75 Å². The van der Waals surface area contributed by atoms with Crippen molar-refractivity contribution in [3.8, 4) is 0 Å². The molecule has 6 fully saturated rings. The quantitative estimate of drug-likeness (QED) is 0.0118. The molecule has 0 aromatic heterocycles. The number of hydrogen-bond acceptors (Lipinski definition) is 42. The first kappa shape index (κ1) is 93.8. The maximum Gasteiger partial charge on any atom is 0.335 e. The zero-order valence-electron chi connectivity index (χ0n) is 61.2. The average Bonchev–Trinajstić information content (AvgIpc) is 0.790. The molecule has 32 atom stereocenters. The van der Waals surface area contributed by atoms with Gasteiger partial charge in [0, 0.05) is 49.0 Å². The molecule has 0 saturated carbocycles. The number of amides is 7. The number of aliphatic hydroxyl groups is 13. The van der Waals surface area contributed by atoms with Crippen molar-refractivity contribution >= 4 is 71.7 Å². The molecule has 25 N–H and O–H groups in total. The van der Waals surface area contributed by atoms with Gasteiger partial charge in [0.05, 0.1) is 64.0 Å². The number of aliphatic carboxylic acids is 1. The lowest BCUT2D eigenvalue weighted by atomic mass is 9.94. The summed E-state index contributed by atoms with van der Waals surface area (Å²) in [7, 11) is 1.18. The number of carbonyl (C=O) groups is 8. The average molecular weight is 1660 g/mol. The third-order valence-corrected chi connectivity index (χ3v) is 19.3. The van der Waals surface area contributed by atoms with E-state index in [9.17, 15) is 110 Å². The summed E-state index contributed by atoms with van der Waals surface area (Å²) in [6.07, 6.45) is -46.9. The lowest BCUT2D eigenvalue weighted by Gasteiger charge is -2.47. The number of carboxylic acid groups (broad SMARTS) is 1. The van der Waals surface area contributed by atoms with Gasteiger partial charge in [0.25, 0.3) is 11.8 Å². The zero-order valence-corrected chi connectivity index (χ0v) is 62.9. The second kappa shape index (κ2) is 45.4. The number of aliphatic hydroxyl groups excluding tert-OH is 13. The predicted octanol–water partition coefficient (Wildman–Crippen LogP) is -11.7. The van der Waals surface area contributed by atoms with Crippen molar-refractivity contribution in [3.63, 3.8) is 0 Å². The van der Waals surface area contributed by atoms with Gasteiger partial charge in [-0.15, -0.1) is 11.8 Å². The largest absolute Gasteiger partial charge is 0.479 e. The van der Waals surface area contributed by atoms with E-state index in [0.717, 1.165) is 25.2 Å². The Morgan fingerprint density at radius 1 is 0.545 bits per heavy atom. The highest BCUT2D eigenvalue weighted by Crippen LogP contribution is 2.37. The minimum absolute atomic E-state index is 0.0320. The number of carbonyl (C=O) groups excluding carboxylic acids is 7. The highest BCUT2D eigenvalue weighted by atomic mass is 32.2. The van der Waals surface area contributed by atoms with Crippen LogP contribution in [0, 0.1) is 0 Å². The van der Waals surface area contributed by atoms with Crippen molar-refractivity contribution in [1.82, 2.24) is 59.4 Å². The first-order valence-electron chi connectivity index (χ1n) is 35.5. The van der Waals surface area contributed by atoms with Crippen molar-refractivity contribution in [2.45, 2.75) is 282 Å². The van der Waals surface area contributed by atoms with Gasteiger partial charge in [-0.1, -0.05) is 25.2 Å². The van der Waals surface area contributed by atoms with E-state index in [-0.39, 0.29) is 24.5 Å². The summed E-state index contributed by atoms with van der Waals surface area (Å²) in [6, 6.07) is -3.97. The number of hydrazine groups is 4. The summed E-state index contributed by atoms with van der Waals surface area (Å²) in [5, 5.41) is 160. The second-order valence-corrected chi connectivity index (χ2v) is 28.5. The van der Waals surface area contributed by atoms with Gasteiger partial charge in [-0.05, 0) is 33.1 Å². The molecule has 0 bridgehead atoms. The highest BCUT2D eigenvalue weighted by molar-refractivity contribution is 8.03. The number of hydrogen-bond donors (Lipinski definition) is 26. The molecular formula is C62H103N11O37S2. The Morgan fingerprint density at radius 3 is 1.44 bits per heavy atom. The van der Waals surface area contributed by atoms with Crippen molar-refractivity contribution < 1.29 is 182 Å². The van der Waals surface area contributed by atoms with E-state index in [1.165, 1.54) is 32.7 Å². The molecule has 7 aliphatic rings. The van der Waals surface area contributed by atoms with E-state index in [1.807, 2.05) is 29.1 Å². The number of ether oxygens (including phenoxy) is 9. The van der Waals surface area contributed by atoms with Crippen LogP contribution in [0.15, 0.2) is 23.1 Å². The first-order chi connectivity index (χ1) is 53.2. The summed E-state index contributed by atoms with van der Waals surface area (Å²) >= 11 is 5.84. The number of nitrogens with one attached hydrogen (secondary N) is 11. The van der Waals surface area contributed by atoms with Crippen LogP contribution in [0.2, 0.25) is 0 Å². The molecule has 0 spiro atoms. The van der Waals surface area contributed by atoms with E-state index < -0.39 is 283 Å². The molecule has 6 aliphatic heterocycles. The normalized spacial score (nSPS) is 36.7. The SMILES string of the molecule is CCC(O)NNC(O)CC(=O)NNC(=O)C1OC(OO[C@H]2C[C@H](NC(C)=O)[C@H](O[C@H]3C(C(=O)NNC(=O)CC(O)NNC(=O)CCSC4=CC(S)CC=C4)OC(C)C(O)C3O)O[C@H]2CO)C(O)[C@@H](O)[C@H]1OC1OC(CO)[C@@H](OOC2OC(C(=O)O)[C@H](OC3O[C@@H](CO)[C@@H](OOC)CC3NC(C)=O)C(O)C2O)C[C@@H]1NC(C)O. The molecule has 6 heterocycles. The smallest absolute Gasteiger partial charge is 0.335 e. The van der Waals surface area contributed by atoms with Gasteiger partial charge in [-0.2, -0.15) is 12.6 Å². The van der Waals surface area contributed by atoms with Crippen LogP contribution in [0.1, 0.15) is 86.0 Å². The monoisotopic (exact) mass is 1660 g/mol. The van der Waals surface area contributed by atoms with Crippen LogP contribution < -0.4 is 59.4 Å². The molecule has 7 amide bonds. The van der Waals surface area contributed by atoms with Gasteiger partial charge >= 0.3 is 5.97 Å². The van der Waals surface area contributed by atoms with E-state index in [4.69, 9.17) is 72.0 Å². The Labute approximate surface area is 648 Å². The van der Waals surface area contributed by atoms with E-state index >= 15 is 0 Å². The molecule has 0 radical (unpaired) electrons. The van der Waals surface area contributed by atoms with Gasteiger partial charge in [0.2, 0.25) is 42.1 Å². The number of rotatable bonds is 38. The zero-order chi connectivity index (χ0) is 82.4. The Balaban J connectivity index is 1.02. The van der Waals surface area contributed by atoms with Gasteiger partial charge in [-0.25, -0.2) is 50.4 Å². The van der Waals surface area contributed by atoms with Crippen molar-refractivity contribution in [2.75, 3.05) is 32.7 Å². The van der Waals surface area contributed by atoms with Gasteiger partial charge < -0.3 is 125 Å². The maximum absolute atomic E-state index is 14.3. The molecule has 112 heavy (non-hydrogen) atoms. The molecule has 640 valence electrons. The number of thioether (sulfide) groups is 1. The fourth-order valence-corrected chi connectivity index (χ4v) is 13.6. The van der Waals surface area contributed by atoms with Gasteiger partial charge in [0.1, 0.15) is 116 Å². The molecular weight excluding hydrogens is 1550 g/mol. The minimum Gasteiger partial charge on any atom is -0.479 e.